The summed E-state index contributed by atoms with van der Waals surface area (Å²) in [5, 5.41) is 0. The van der Waals surface area contributed by atoms with Crippen LogP contribution < -0.4 is 4.89 Å². The normalized spacial score (nSPS) is 13.6. The summed E-state index contributed by atoms with van der Waals surface area (Å²) < 4.78 is 34.0. The molecule has 0 fully saturated rings. The number of carbonyl (C=O) groups is 2. The number of hydrogen-bond donors (Lipinski definition) is 0. The molecule has 0 radical (unpaired) electrons. The van der Waals surface area contributed by atoms with Crippen LogP contribution in [0.1, 0.15) is 239 Å². The van der Waals surface area contributed by atoms with E-state index in [1.165, 1.54) is 148 Å². The van der Waals surface area contributed by atoms with Crippen LogP contribution in [0, 0.1) is 0 Å². The van der Waals surface area contributed by atoms with Gasteiger partial charge in [-0.05, 0) is 38.5 Å². The van der Waals surface area contributed by atoms with Crippen molar-refractivity contribution in [3.63, 3.8) is 0 Å². The SMILES string of the molecule is CCCCCC/C=C/C=C/CCCCCCCC(=O)O[C@H](COC(=O)CCCCCCCCCCCCCCCCCCCCCCCC)COP(=O)([O-])OCC[N+](C)(C)C. The highest BCUT2D eigenvalue weighted by atomic mass is 31.2. The Kier molecular flexibility index (Phi) is 42.6. The lowest BCUT2D eigenvalue weighted by atomic mass is 10.0. The van der Waals surface area contributed by atoms with E-state index in [0.29, 0.717) is 17.4 Å². The number of ether oxygens (including phenoxy) is 2. The van der Waals surface area contributed by atoms with Crippen molar-refractivity contribution in [3.05, 3.63) is 24.3 Å². The molecular weight excluding hydrogens is 786 g/mol. The van der Waals surface area contributed by atoms with Crippen LogP contribution >= 0.6 is 7.82 Å². The minimum atomic E-state index is -4.63. The van der Waals surface area contributed by atoms with Crippen molar-refractivity contribution >= 4 is 19.8 Å². The Morgan fingerprint density at radius 2 is 0.869 bits per heavy atom. The van der Waals surface area contributed by atoms with Gasteiger partial charge in [0.05, 0.1) is 27.7 Å². The van der Waals surface area contributed by atoms with Crippen LogP contribution in [0.5, 0.6) is 0 Å². The molecule has 0 aliphatic heterocycles. The summed E-state index contributed by atoms with van der Waals surface area (Å²) in [4.78, 5) is 37.7. The monoisotopic (exact) mass is 884 g/mol. The number of nitrogens with zero attached hydrogens (tertiary/aromatic N) is 1. The highest BCUT2D eigenvalue weighted by Gasteiger charge is 2.21. The van der Waals surface area contributed by atoms with Gasteiger partial charge in [-0.25, -0.2) is 0 Å². The van der Waals surface area contributed by atoms with Crippen molar-refractivity contribution in [1.29, 1.82) is 0 Å². The van der Waals surface area contributed by atoms with Crippen LogP contribution in [-0.4, -0.2) is 70.0 Å². The molecule has 0 aromatic carbocycles. The maximum Gasteiger partial charge on any atom is 0.306 e. The molecule has 0 N–H and O–H groups in total. The molecule has 0 spiro atoms. The van der Waals surface area contributed by atoms with Gasteiger partial charge in [0.2, 0.25) is 0 Å². The average Bonchev–Trinajstić information content (AvgIpc) is 3.21. The number of hydrogen-bond acceptors (Lipinski definition) is 8. The second kappa shape index (κ2) is 43.7. The maximum absolute atomic E-state index is 12.7. The second-order valence-electron chi connectivity index (χ2n) is 18.6. The number of phosphoric acid groups is 1. The Morgan fingerprint density at radius 1 is 0.508 bits per heavy atom. The molecule has 1 unspecified atom stereocenters. The van der Waals surface area contributed by atoms with Crippen molar-refractivity contribution in [2.24, 2.45) is 0 Å². The average molecular weight is 884 g/mol. The lowest BCUT2D eigenvalue weighted by molar-refractivity contribution is -0.870. The smallest absolute Gasteiger partial charge is 0.306 e. The molecule has 0 aromatic rings. The first kappa shape index (κ1) is 59.5. The minimum Gasteiger partial charge on any atom is -0.756 e. The molecule has 0 bridgehead atoms. The summed E-state index contributed by atoms with van der Waals surface area (Å²) in [7, 11) is 1.16. The van der Waals surface area contributed by atoms with E-state index in [4.69, 9.17) is 18.5 Å². The van der Waals surface area contributed by atoms with E-state index >= 15 is 0 Å². The Bertz CT molecular complexity index is 1090. The Balaban J connectivity index is 4.20. The van der Waals surface area contributed by atoms with Gasteiger partial charge in [0, 0.05) is 12.8 Å². The number of allylic oxidation sites excluding steroid dienone is 4. The number of quaternary nitrogens is 1. The molecule has 0 heterocycles. The fourth-order valence-corrected chi connectivity index (χ4v) is 7.96. The van der Waals surface area contributed by atoms with Crippen molar-refractivity contribution < 1.29 is 42.1 Å². The standard InChI is InChI=1S/C51H98NO8P/c1-6-8-10-12-14-16-18-20-22-23-24-25-26-27-28-30-31-33-35-37-39-41-43-50(53)57-47-49(48-59-61(55,56)58-46-45-52(3,4)5)60-51(54)44-42-40-38-36-34-32-29-21-19-17-15-13-11-9-7-2/h17,19,21,29,49H,6-16,18,20,22-28,30-48H2,1-5H3/b19-17+,29-21+/t49-/m1/s1. The highest BCUT2D eigenvalue weighted by molar-refractivity contribution is 7.45. The molecule has 0 rings (SSSR count). The Morgan fingerprint density at radius 3 is 1.28 bits per heavy atom. The third-order valence-electron chi connectivity index (χ3n) is 11.3. The van der Waals surface area contributed by atoms with Crippen molar-refractivity contribution in [2.75, 3.05) is 47.5 Å². The predicted molar refractivity (Wildman–Crippen MR) is 254 cm³/mol. The van der Waals surface area contributed by atoms with Gasteiger partial charge in [-0.2, -0.15) is 0 Å². The van der Waals surface area contributed by atoms with Crippen molar-refractivity contribution in [2.45, 2.75) is 245 Å². The molecule has 0 aliphatic carbocycles. The number of unbranched alkanes of at least 4 members (excludes halogenated alkanes) is 30. The molecule has 2 atom stereocenters. The highest BCUT2D eigenvalue weighted by Crippen LogP contribution is 2.38. The lowest BCUT2D eigenvalue weighted by Gasteiger charge is -2.28. The van der Waals surface area contributed by atoms with Gasteiger partial charge in [0.25, 0.3) is 7.82 Å². The summed E-state index contributed by atoms with van der Waals surface area (Å²) >= 11 is 0. The quantitative estimate of drug-likeness (QED) is 0.0195. The first-order valence-electron chi connectivity index (χ1n) is 25.6. The van der Waals surface area contributed by atoms with Gasteiger partial charge < -0.3 is 27.9 Å². The number of rotatable bonds is 47. The molecule has 0 aromatic heterocycles. The van der Waals surface area contributed by atoms with Crippen molar-refractivity contribution in [1.82, 2.24) is 0 Å². The molecule has 0 saturated carbocycles. The Hall–Kier alpha value is -1.51. The minimum absolute atomic E-state index is 0.0320. The number of phosphoric ester groups is 1. The number of carbonyl (C=O) groups excluding carboxylic acids is 2. The summed E-state index contributed by atoms with van der Waals surface area (Å²) in [5.74, 6) is -0.840. The van der Waals surface area contributed by atoms with E-state index in [0.717, 1.165) is 57.8 Å². The van der Waals surface area contributed by atoms with Gasteiger partial charge in [-0.1, -0.05) is 212 Å². The molecule has 0 amide bonds. The summed E-state index contributed by atoms with van der Waals surface area (Å²) in [6.45, 7) is 4.23. The molecule has 0 saturated heterocycles. The van der Waals surface area contributed by atoms with Crippen LogP contribution in [-0.2, 0) is 32.7 Å². The van der Waals surface area contributed by atoms with Crippen LogP contribution in [0.15, 0.2) is 24.3 Å². The van der Waals surface area contributed by atoms with Gasteiger partial charge in [-0.15, -0.1) is 0 Å². The first-order chi connectivity index (χ1) is 29.5. The molecule has 10 heteroatoms. The fourth-order valence-electron chi connectivity index (χ4n) is 7.24. The van der Waals surface area contributed by atoms with Gasteiger partial charge >= 0.3 is 11.9 Å². The van der Waals surface area contributed by atoms with Gasteiger partial charge in [0.1, 0.15) is 19.8 Å². The zero-order chi connectivity index (χ0) is 45.0. The van der Waals surface area contributed by atoms with E-state index < -0.39 is 26.5 Å². The Labute approximate surface area is 377 Å². The van der Waals surface area contributed by atoms with E-state index in [2.05, 4.69) is 38.2 Å². The van der Waals surface area contributed by atoms with Crippen LogP contribution in [0.3, 0.4) is 0 Å². The molecule has 0 aliphatic rings. The molecular formula is C51H98NO8P. The van der Waals surface area contributed by atoms with E-state index in [-0.39, 0.29) is 32.0 Å². The van der Waals surface area contributed by atoms with E-state index in [1.54, 1.807) is 0 Å². The third-order valence-corrected chi connectivity index (χ3v) is 12.2. The molecule has 9 nitrogen and oxygen atoms in total. The van der Waals surface area contributed by atoms with E-state index in [9.17, 15) is 19.0 Å². The van der Waals surface area contributed by atoms with Crippen LogP contribution in [0.25, 0.3) is 0 Å². The largest absolute Gasteiger partial charge is 0.756 e. The van der Waals surface area contributed by atoms with Crippen LogP contribution in [0.2, 0.25) is 0 Å². The summed E-state index contributed by atoms with van der Waals surface area (Å²) in [6.07, 6.45) is 49.2. The maximum atomic E-state index is 12.7. The zero-order valence-electron chi connectivity index (χ0n) is 40.6. The fraction of sp³-hybridized carbons (Fsp3) is 0.882. The van der Waals surface area contributed by atoms with Gasteiger partial charge in [-0.3, -0.25) is 14.2 Å². The molecule has 360 valence electrons. The van der Waals surface area contributed by atoms with Gasteiger partial charge in [0.15, 0.2) is 6.10 Å². The van der Waals surface area contributed by atoms with Crippen LogP contribution in [0.4, 0.5) is 0 Å². The lowest BCUT2D eigenvalue weighted by Crippen LogP contribution is -2.37. The predicted octanol–water partition coefficient (Wildman–Crippen LogP) is 14.5. The first-order valence-corrected chi connectivity index (χ1v) is 27.0. The third kappa shape index (κ3) is 47.8. The van der Waals surface area contributed by atoms with Crippen molar-refractivity contribution in [3.8, 4) is 0 Å². The second-order valence-corrected chi connectivity index (χ2v) is 20.0. The topological polar surface area (TPSA) is 111 Å². The summed E-state index contributed by atoms with van der Waals surface area (Å²) in [5.41, 5.74) is 0. The van der Waals surface area contributed by atoms with E-state index in [1.807, 2.05) is 21.1 Å². The molecule has 61 heavy (non-hydrogen) atoms. The summed E-state index contributed by atoms with van der Waals surface area (Å²) in [6, 6.07) is 0. The zero-order valence-corrected chi connectivity index (χ0v) is 41.5. The number of esters is 2. The number of likely N-dealkylation sites (N-methyl/N-ethyl adjacent to an activating group) is 1.